The third-order valence-electron chi connectivity index (χ3n) is 3.69. The second-order valence-corrected chi connectivity index (χ2v) is 8.50. The van der Waals surface area contributed by atoms with Crippen molar-refractivity contribution in [2.45, 2.75) is 33.1 Å². The van der Waals surface area contributed by atoms with Gasteiger partial charge in [0.05, 0.1) is 5.75 Å². The molecule has 108 valence electrons. The fourth-order valence-corrected chi connectivity index (χ4v) is 2.84. The lowest BCUT2D eigenvalue weighted by Crippen LogP contribution is -2.34. The number of rotatable bonds is 6. The lowest BCUT2D eigenvalue weighted by atomic mass is 9.85. The highest BCUT2D eigenvalue weighted by Crippen LogP contribution is 2.29. The van der Waals surface area contributed by atoms with Crippen LogP contribution in [-0.4, -0.2) is 58.1 Å². The van der Waals surface area contributed by atoms with Gasteiger partial charge in [-0.05, 0) is 37.8 Å². The smallest absolute Gasteiger partial charge is 0.148 e. The predicted octanol–water partition coefficient (Wildman–Crippen LogP) is 1.13. The van der Waals surface area contributed by atoms with Crippen LogP contribution in [0.1, 0.15) is 33.1 Å². The van der Waals surface area contributed by atoms with Crippen molar-refractivity contribution in [1.82, 2.24) is 10.2 Å². The van der Waals surface area contributed by atoms with E-state index in [1.165, 1.54) is 38.6 Å². The Kier molecular flexibility index (Phi) is 6.08. The Morgan fingerprint density at radius 3 is 2.56 bits per heavy atom. The average molecular weight is 276 g/mol. The molecule has 1 fully saturated rings. The highest BCUT2D eigenvalue weighted by atomic mass is 32.2. The summed E-state index contributed by atoms with van der Waals surface area (Å²) in [7, 11) is -2.83. The quantitative estimate of drug-likeness (QED) is 0.739. The molecule has 1 N–H and O–H groups in total. The zero-order valence-electron chi connectivity index (χ0n) is 12.0. The molecule has 0 aromatic rings. The highest BCUT2D eigenvalue weighted by molar-refractivity contribution is 7.90. The molecule has 4 nitrogen and oxygen atoms in total. The first-order valence-corrected chi connectivity index (χ1v) is 8.95. The van der Waals surface area contributed by atoms with Gasteiger partial charge < -0.3 is 10.2 Å². The van der Waals surface area contributed by atoms with E-state index in [0.29, 0.717) is 12.0 Å². The Bertz CT molecular complexity index is 339. The van der Waals surface area contributed by atoms with Gasteiger partial charge in [0.25, 0.3) is 0 Å². The predicted molar refractivity (Wildman–Crippen MR) is 76.7 cm³/mol. The van der Waals surface area contributed by atoms with E-state index in [0.717, 1.165) is 13.1 Å². The van der Waals surface area contributed by atoms with Gasteiger partial charge >= 0.3 is 0 Å². The molecule has 1 aliphatic heterocycles. The van der Waals surface area contributed by atoms with E-state index >= 15 is 0 Å². The first-order chi connectivity index (χ1) is 8.29. The molecule has 0 saturated carbocycles. The summed E-state index contributed by atoms with van der Waals surface area (Å²) in [5.41, 5.74) is 0.485. The monoisotopic (exact) mass is 276 g/mol. The number of nitrogens with zero attached hydrogens (tertiary/aromatic N) is 1. The molecular formula is C13H28N2O2S. The Balaban J connectivity index is 2.12. The molecule has 1 aliphatic rings. The second-order valence-electron chi connectivity index (χ2n) is 6.24. The zero-order valence-corrected chi connectivity index (χ0v) is 12.9. The highest BCUT2D eigenvalue weighted by Gasteiger charge is 2.22. The first kappa shape index (κ1) is 15.9. The van der Waals surface area contributed by atoms with Crippen molar-refractivity contribution in [2.75, 3.05) is 44.7 Å². The van der Waals surface area contributed by atoms with Gasteiger partial charge in [0.1, 0.15) is 9.84 Å². The number of sulfone groups is 1. The maximum Gasteiger partial charge on any atom is 0.148 e. The topological polar surface area (TPSA) is 49.4 Å². The minimum absolute atomic E-state index is 0.236. The fraction of sp³-hybridized carbons (Fsp3) is 1.00. The molecule has 0 spiro atoms. The molecule has 18 heavy (non-hydrogen) atoms. The molecule has 1 saturated heterocycles. The SMILES string of the molecule is CC1(C)CCCN(CCNCCS(C)(=O)=O)CC1. The van der Waals surface area contributed by atoms with Crippen LogP contribution in [0.3, 0.4) is 0 Å². The van der Waals surface area contributed by atoms with Gasteiger partial charge in [0.2, 0.25) is 0 Å². The van der Waals surface area contributed by atoms with E-state index in [-0.39, 0.29) is 5.75 Å². The number of likely N-dealkylation sites (tertiary alicyclic amines) is 1. The Morgan fingerprint density at radius 2 is 1.89 bits per heavy atom. The molecule has 1 heterocycles. The van der Waals surface area contributed by atoms with Gasteiger partial charge in [-0.1, -0.05) is 13.8 Å². The Labute approximate surface area is 112 Å². The minimum atomic E-state index is -2.83. The van der Waals surface area contributed by atoms with Crippen molar-refractivity contribution in [3.05, 3.63) is 0 Å². The van der Waals surface area contributed by atoms with Gasteiger partial charge in [0.15, 0.2) is 0 Å². The van der Waals surface area contributed by atoms with Gasteiger partial charge in [-0.2, -0.15) is 0 Å². The lowest BCUT2D eigenvalue weighted by Gasteiger charge is -2.23. The van der Waals surface area contributed by atoms with Crippen LogP contribution in [0, 0.1) is 5.41 Å². The van der Waals surface area contributed by atoms with Crippen molar-refractivity contribution in [3.8, 4) is 0 Å². The maximum absolute atomic E-state index is 11.0. The van der Waals surface area contributed by atoms with E-state index in [1.807, 2.05) is 0 Å². The number of nitrogens with one attached hydrogen (secondary N) is 1. The van der Waals surface area contributed by atoms with Crippen LogP contribution in [0.4, 0.5) is 0 Å². The van der Waals surface area contributed by atoms with Crippen LogP contribution < -0.4 is 5.32 Å². The van der Waals surface area contributed by atoms with Crippen LogP contribution in [0.2, 0.25) is 0 Å². The first-order valence-electron chi connectivity index (χ1n) is 6.89. The van der Waals surface area contributed by atoms with E-state index < -0.39 is 9.84 Å². The van der Waals surface area contributed by atoms with Crippen LogP contribution in [0.5, 0.6) is 0 Å². The molecule has 1 rings (SSSR count). The van der Waals surface area contributed by atoms with Crippen molar-refractivity contribution in [3.63, 3.8) is 0 Å². The molecule has 0 bridgehead atoms. The van der Waals surface area contributed by atoms with Crippen LogP contribution in [0.25, 0.3) is 0 Å². The Morgan fingerprint density at radius 1 is 1.17 bits per heavy atom. The molecular weight excluding hydrogens is 248 g/mol. The van der Waals surface area contributed by atoms with E-state index in [9.17, 15) is 8.42 Å². The van der Waals surface area contributed by atoms with Crippen molar-refractivity contribution >= 4 is 9.84 Å². The third kappa shape index (κ3) is 7.34. The molecule has 0 atom stereocenters. The van der Waals surface area contributed by atoms with Crippen LogP contribution in [0.15, 0.2) is 0 Å². The molecule has 0 unspecified atom stereocenters. The molecule has 0 aliphatic carbocycles. The normalized spacial score (nSPS) is 21.7. The summed E-state index contributed by atoms with van der Waals surface area (Å²) in [5.74, 6) is 0.236. The van der Waals surface area contributed by atoms with Crippen LogP contribution >= 0.6 is 0 Å². The van der Waals surface area contributed by atoms with E-state index in [1.54, 1.807) is 0 Å². The molecule has 5 heteroatoms. The van der Waals surface area contributed by atoms with E-state index in [4.69, 9.17) is 0 Å². The van der Waals surface area contributed by atoms with E-state index in [2.05, 4.69) is 24.1 Å². The summed E-state index contributed by atoms with van der Waals surface area (Å²) in [4.78, 5) is 2.49. The molecule has 0 aromatic heterocycles. The summed E-state index contributed by atoms with van der Waals surface area (Å²) in [6.45, 7) is 9.52. The average Bonchev–Trinajstić information content (AvgIpc) is 2.38. The molecule has 0 amide bonds. The third-order valence-corrected chi connectivity index (χ3v) is 4.63. The van der Waals surface area contributed by atoms with Gasteiger partial charge in [-0.25, -0.2) is 8.42 Å². The van der Waals surface area contributed by atoms with Gasteiger partial charge in [-0.3, -0.25) is 0 Å². The molecule has 0 radical (unpaired) electrons. The Hall–Kier alpha value is -0.130. The summed E-state index contributed by atoms with van der Waals surface area (Å²) in [5, 5.41) is 3.21. The maximum atomic E-state index is 11.0. The minimum Gasteiger partial charge on any atom is -0.314 e. The van der Waals surface area contributed by atoms with Gasteiger partial charge in [-0.15, -0.1) is 0 Å². The fourth-order valence-electron chi connectivity index (χ4n) is 2.32. The summed E-state index contributed by atoms with van der Waals surface area (Å²) in [6.07, 6.45) is 5.13. The molecule has 0 aromatic carbocycles. The number of hydrogen-bond acceptors (Lipinski definition) is 4. The summed E-state index contributed by atoms with van der Waals surface area (Å²) in [6, 6.07) is 0. The van der Waals surface area contributed by atoms with Gasteiger partial charge in [0, 0.05) is 25.9 Å². The van der Waals surface area contributed by atoms with Crippen LogP contribution in [-0.2, 0) is 9.84 Å². The van der Waals surface area contributed by atoms with Crippen molar-refractivity contribution in [1.29, 1.82) is 0 Å². The van der Waals surface area contributed by atoms with Crippen molar-refractivity contribution < 1.29 is 8.42 Å². The van der Waals surface area contributed by atoms with Crippen molar-refractivity contribution in [2.24, 2.45) is 5.41 Å². The zero-order chi connectivity index (χ0) is 13.6. The lowest BCUT2D eigenvalue weighted by molar-refractivity contribution is 0.262. The standard InChI is InChI=1S/C13H28N2O2S/c1-13(2)5-4-9-15(10-6-13)11-7-14-8-12-18(3,16)17/h14H,4-12H2,1-3H3. The summed E-state index contributed by atoms with van der Waals surface area (Å²) < 4.78 is 21.9. The second kappa shape index (κ2) is 6.87. The number of hydrogen-bond donors (Lipinski definition) is 1. The largest absolute Gasteiger partial charge is 0.314 e. The summed E-state index contributed by atoms with van der Waals surface area (Å²) >= 11 is 0.